The third-order valence-corrected chi connectivity index (χ3v) is 8.00. The van der Waals surface area contributed by atoms with Gasteiger partial charge in [-0.05, 0) is 0 Å². The fourth-order valence-corrected chi connectivity index (χ4v) is 6.32. The summed E-state index contributed by atoms with van der Waals surface area (Å²) in [6, 6.07) is 25.0. The Labute approximate surface area is 161 Å². The van der Waals surface area contributed by atoms with Gasteiger partial charge in [-0.1, -0.05) is 0 Å². The van der Waals surface area contributed by atoms with E-state index < -0.39 is 9.84 Å². The van der Waals surface area contributed by atoms with Crippen molar-refractivity contribution in [2.24, 2.45) is 0 Å². The minimum absolute atomic E-state index is 0.103. The molecule has 0 saturated carbocycles. The van der Waals surface area contributed by atoms with Gasteiger partial charge < -0.3 is 0 Å². The van der Waals surface area contributed by atoms with Crippen molar-refractivity contribution in [2.75, 3.05) is 0 Å². The van der Waals surface area contributed by atoms with E-state index in [2.05, 4.69) is 0 Å². The zero-order valence-electron chi connectivity index (χ0n) is 14.7. The van der Waals surface area contributed by atoms with Crippen LogP contribution in [0.3, 0.4) is 0 Å². The summed E-state index contributed by atoms with van der Waals surface area (Å²) in [5.74, 6) is 0. The molecule has 0 aliphatic heterocycles. The number of benzene rings is 3. The molecular formula is C22H20O2SSe. The van der Waals surface area contributed by atoms with Gasteiger partial charge in [-0.2, -0.15) is 0 Å². The summed E-state index contributed by atoms with van der Waals surface area (Å²) in [6.07, 6.45) is 0. The Bertz CT molecular complexity index is 1000. The molecule has 0 bridgehead atoms. The van der Waals surface area contributed by atoms with E-state index in [9.17, 15) is 8.42 Å². The van der Waals surface area contributed by atoms with Gasteiger partial charge in [0.05, 0.1) is 0 Å². The van der Waals surface area contributed by atoms with Crippen molar-refractivity contribution < 1.29 is 8.42 Å². The first kappa shape index (κ1) is 18.7. The van der Waals surface area contributed by atoms with Crippen LogP contribution in [0, 0.1) is 13.8 Å². The molecule has 0 saturated heterocycles. The van der Waals surface area contributed by atoms with Crippen molar-refractivity contribution in [3.63, 3.8) is 0 Å². The zero-order valence-corrected chi connectivity index (χ0v) is 17.2. The maximum atomic E-state index is 12.9. The van der Waals surface area contributed by atoms with Gasteiger partial charge in [0.15, 0.2) is 0 Å². The quantitative estimate of drug-likeness (QED) is 0.575. The van der Waals surface area contributed by atoms with E-state index in [-0.39, 0.29) is 15.0 Å². The molecule has 0 unspecified atom stereocenters. The topological polar surface area (TPSA) is 34.1 Å². The monoisotopic (exact) mass is 428 g/mol. The average molecular weight is 427 g/mol. The molecule has 0 fully saturated rings. The maximum absolute atomic E-state index is 12.9. The minimum atomic E-state index is -3.50. The summed E-state index contributed by atoms with van der Waals surface area (Å²) in [6.45, 7) is 3.97. The molecule has 3 rings (SSSR count). The number of rotatable bonds is 5. The molecule has 0 amide bonds. The van der Waals surface area contributed by atoms with E-state index in [1.54, 1.807) is 12.1 Å². The molecule has 2 nitrogen and oxygen atoms in total. The zero-order chi connectivity index (χ0) is 18.6. The number of hydrogen-bond acceptors (Lipinski definition) is 2. The van der Waals surface area contributed by atoms with Gasteiger partial charge in [0, 0.05) is 0 Å². The normalized spacial score (nSPS) is 12.2. The number of hydrogen-bond donors (Lipinski definition) is 0. The van der Waals surface area contributed by atoms with Crippen molar-refractivity contribution in [1.29, 1.82) is 0 Å². The first-order valence-corrected chi connectivity index (χ1v) is 11.5. The SMILES string of the molecule is Cc1ccc(/C(=C\S(=O)(=O)c2ccc(C)cc2)[Se]c2ccccc2)cc1. The predicted octanol–water partition coefficient (Wildman–Crippen LogP) is 4.11. The Balaban J connectivity index is 2.05. The van der Waals surface area contributed by atoms with Crippen LogP contribution in [0.15, 0.2) is 89.2 Å². The van der Waals surface area contributed by atoms with Gasteiger partial charge in [-0.3, -0.25) is 0 Å². The fraction of sp³-hybridized carbons (Fsp3) is 0.0909. The standard InChI is InChI=1S/C22H20O2SSe/c1-17-8-12-19(13-9-17)22(26-21-6-4-3-5-7-21)16-25(23,24)20-14-10-18(2)11-15-20/h3-16H,1-2H3/b22-16+. The summed E-state index contributed by atoms with van der Waals surface area (Å²) < 4.78 is 27.8. The summed E-state index contributed by atoms with van der Waals surface area (Å²) in [5.41, 5.74) is 3.15. The molecule has 132 valence electrons. The summed E-state index contributed by atoms with van der Waals surface area (Å²) >= 11 is -0.103. The van der Waals surface area contributed by atoms with Gasteiger partial charge in [0.25, 0.3) is 0 Å². The molecule has 0 heterocycles. The van der Waals surface area contributed by atoms with Crippen LogP contribution >= 0.6 is 0 Å². The average Bonchev–Trinajstić information content (AvgIpc) is 2.63. The molecule has 0 aromatic heterocycles. The first-order valence-electron chi connectivity index (χ1n) is 8.27. The van der Waals surface area contributed by atoms with E-state index in [1.165, 1.54) is 5.41 Å². The number of aryl methyl sites for hydroxylation is 2. The Morgan fingerprint density at radius 1 is 0.769 bits per heavy atom. The molecule has 3 aromatic carbocycles. The van der Waals surface area contributed by atoms with Crippen LogP contribution in [0.4, 0.5) is 0 Å². The molecule has 26 heavy (non-hydrogen) atoms. The van der Waals surface area contributed by atoms with Crippen LogP contribution in [0.5, 0.6) is 0 Å². The molecular weight excluding hydrogens is 407 g/mol. The first-order chi connectivity index (χ1) is 12.4. The molecule has 3 aromatic rings. The van der Waals surface area contributed by atoms with E-state index in [4.69, 9.17) is 0 Å². The molecule has 0 N–H and O–H groups in total. The second-order valence-corrected chi connectivity index (χ2v) is 10.3. The Morgan fingerprint density at radius 2 is 1.31 bits per heavy atom. The van der Waals surface area contributed by atoms with Crippen LogP contribution < -0.4 is 4.46 Å². The van der Waals surface area contributed by atoms with E-state index in [0.29, 0.717) is 4.90 Å². The number of sulfone groups is 1. The molecule has 0 aliphatic rings. The Kier molecular flexibility index (Phi) is 5.77. The predicted molar refractivity (Wildman–Crippen MR) is 109 cm³/mol. The second-order valence-electron chi connectivity index (χ2n) is 6.12. The summed E-state index contributed by atoms with van der Waals surface area (Å²) in [7, 11) is -3.50. The van der Waals surface area contributed by atoms with Gasteiger partial charge in [-0.15, -0.1) is 0 Å². The van der Waals surface area contributed by atoms with E-state index >= 15 is 0 Å². The molecule has 0 radical (unpaired) electrons. The molecule has 0 spiro atoms. The van der Waals surface area contributed by atoms with Crippen LogP contribution in [0.25, 0.3) is 4.47 Å². The van der Waals surface area contributed by atoms with Crippen LogP contribution in [0.2, 0.25) is 0 Å². The van der Waals surface area contributed by atoms with Gasteiger partial charge in [-0.25, -0.2) is 0 Å². The van der Waals surface area contributed by atoms with Crippen molar-refractivity contribution in [1.82, 2.24) is 0 Å². The van der Waals surface area contributed by atoms with Crippen LogP contribution in [0.1, 0.15) is 16.7 Å². The van der Waals surface area contributed by atoms with Crippen LogP contribution in [-0.4, -0.2) is 23.4 Å². The van der Waals surface area contributed by atoms with E-state index in [0.717, 1.165) is 25.6 Å². The molecule has 0 aliphatic carbocycles. The molecule has 4 heteroatoms. The third-order valence-electron chi connectivity index (χ3n) is 3.92. The fourth-order valence-electron chi connectivity index (χ4n) is 2.42. The molecule has 0 atom stereocenters. The van der Waals surface area contributed by atoms with Crippen LogP contribution in [-0.2, 0) is 9.84 Å². The summed E-state index contributed by atoms with van der Waals surface area (Å²) in [5, 5.41) is 1.44. The van der Waals surface area contributed by atoms with Crippen molar-refractivity contribution in [3.05, 3.63) is 101 Å². The third kappa shape index (κ3) is 4.73. The van der Waals surface area contributed by atoms with Crippen molar-refractivity contribution >= 4 is 33.7 Å². The van der Waals surface area contributed by atoms with Gasteiger partial charge >= 0.3 is 162 Å². The van der Waals surface area contributed by atoms with E-state index in [1.807, 2.05) is 80.6 Å². The van der Waals surface area contributed by atoms with Gasteiger partial charge in [0.1, 0.15) is 0 Å². The Hall–Kier alpha value is -2.13. The summed E-state index contributed by atoms with van der Waals surface area (Å²) in [4.78, 5) is 0.330. The van der Waals surface area contributed by atoms with Gasteiger partial charge in [0.2, 0.25) is 0 Å². The van der Waals surface area contributed by atoms with Crippen molar-refractivity contribution in [2.45, 2.75) is 18.7 Å². The second kappa shape index (κ2) is 8.05. The van der Waals surface area contributed by atoms with Crippen molar-refractivity contribution in [3.8, 4) is 0 Å². The Morgan fingerprint density at radius 3 is 1.88 bits per heavy atom.